The first-order chi connectivity index (χ1) is 11.3. The van der Waals surface area contributed by atoms with Gasteiger partial charge in [0.05, 0.1) is 0 Å². The van der Waals surface area contributed by atoms with Gasteiger partial charge in [0.15, 0.2) is 5.78 Å². The molecule has 120 valence electrons. The van der Waals surface area contributed by atoms with Crippen LogP contribution >= 0.6 is 0 Å². The molecule has 2 aromatic carbocycles. The molecule has 2 heteroatoms. The number of carbonyl (C=O) groups excluding carboxylic acids is 1. The third-order valence-electron chi connectivity index (χ3n) is 4.83. The maximum atomic E-state index is 12.2. The van der Waals surface area contributed by atoms with Gasteiger partial charge in [-0.3, -0.25) is 4.79 Å². The number of piperidine rings is 1. The fourth-order valence-corrected chi connectivity index (χ4v) is 3.39. The highest BCUT2D eigenvalue weighted by molar-refractivity contribution is 5.96. The Morgan fingerprint density at radius 2 is 1.52 bits per heavy atom. The van der Waals surface area contributed by atoms with Gasteiger partial charge in [-0.2, -0.15) is 0 Å². The third kappa shape index (κ3) is 4.77. The number of benzene rings is 2. The molecule has 0 spiro atoms. The van der Waals surface area contributed by atoms with E-state index in [0.717, 1.165) is 31.1 Å². The largest absolute Gasteiger partial charge is 0.303 e. The van der Waals surface area contributed by atoms with Gasteiger partial charge in [0.1, 0.15) is 0 Å². The van der Waals surface area contributed by atoms with Crippen LogP contribution in [0.1, 0.15) is 35.2 Å². The van der Waals surface area contributed by atoms with E-state index >= 15 is 0 Å². The van der Waals surface area contributed by atoms with Crippen molar-refractivity contribution in [2.75, 3.05) is 19.6 Å². The maximum Gasteiger partial charge on any atom is 0.164 e. The van der Waals surface area contributed by atoms with E-state index in [-0.39, 0.29) is 5.78 Å². The summed E-state index contributed by atoms with van der Waals surface area (Å²) in [5.41, 5.74) is 2.29. The quantitative estimate of drug-likeness (QED) is 0.745. The van der Waals surface area contributed by atoms with Crippen LogP contribution < -0.4 is 0 Å². The van der Waals surface area contributed by atoms with E-state index in [0.29, 0.717) is 6.42 Å². The zero-order valence-corrected chi connectivity index (χ0v) is 13.7. The second kappa shape index (κ2) is 8.07. The van der Waals surface area contributed by atoms with Gasteiger partial charge < -0.3 is 4.90 Å². The van der Waals surface area contributed by atoms with Gasteiger partial charge in [-0.25, -0.2) is 0 Å². The van der Waals surface area contributed by atoms with Crippen LogP contribution in [-0.2, 0) is 6.42 Å². The summed E-state index contributed by atoms with van der Waals surface area (Å²) in [5.74, 6) is 1.05. The normalized spacial score (nSPS) is 16.3. The lowest BCUT2D eigenvalue weighted by atomic mass is 9.90. The Hall–Kier alpha value is -1.93. The summed E-state index contributed by atoms with van der Waals surface area (Å²) in [7, 11) is 0. The smallest absolute Gasteiger partial charge is 0.164 e. The number of hydrogen-bond acceptors (Lipinski definition) is 2. The Balaban J connectivity index is 1.40. The van der Waals surface area contributed by atoms with Crippen molar-refractivity contribution in [2.45, 2.75) is 25.7 Å². The molecule has 1 fully saturated rings. The summed E-state index contributed by atoms with van der Waals surface area (Å²) in [5, 5.41) is 0. The van der Waals surface area contributed by atoms with Crippen LogP contribution in [0.5, 0.6) is 0 Å². The van der Waals surface area contributed by atoms with Crippen molar-refractivity contribution in [1.82, 2.24) is 4.90 Å². The van der Waals surface area contributed by atoms with Gasteiger partial charge >= 0.3 is 0 Å². The van der Waals surface area contributed by atoms with E-state index in [4.69, 9.17) is 0 Å². The first-order valence-corrected chi connectivity index (χ1v) is 8.66. The molecule has 2 nitrogen and oxygen atoms in total. The van der Waals surface area contributed by atoms with Gasteiger partial charge in [0.2, 0.25) is 0 Å². The standard InChI is InChI=1S/C21H25NO/c23-21(20-9-5-2-6-10-20)13-16-22-14-11-19(12-15-22)17-18-7-3-1-4-8-18/h1-10,19H,11-17H2. The number of Topliss-reactive ketones (excluding diaryl/α,β-unsaturated/α-hetero) is 1. The van der Waals surface area contributed by atoms with Crippen LogP contribution in [0.25, 0.3) is 0 Å². The summed E-state index contributed by atoms with van der Waals surface area (Å²) >= 11 is 0. The molecule has 1 aliphatic heterocycles. The SMILES string of the molecule is O=C(CCN1CCC(Cc2ccccc2)CC1)c1ccccc1. The van der Waals surface area contributed by atoms with Crippen LogP contribution in [0.4, 0.5) is 0 Å². The van der Waals surface area contributed by atoms with Crippen molar-refractivity contribution in [3.8, 4) is 0 Å². The minimum atomic E-state index is 0.261. The lowest BCUT2D eigenvalue weighted by molar-refractivity contribution is 0.0951. The molecule has 23 heavy (non-hydrogen) atoms. The average Bonchev–Trinajstić information content (AvgIpc) is 2.62. The van der Waals surface area contributed by atoms with Crippen LogP contribution in [0.2, 0.25) is 0 Å². The van der Waals surface area contributed by atoms with E-state index in [9.17, 15) is 4.79 Å². The molecule has 0 bridgehead atoms. The highest BCUT2D eigenvalue weighted by Gasteiger charge is 2.20. The number of ketones is 1. The lowest BCUT2D eigenvalue weighted by Gasteiger charge is -2.31. The summed E-state index contributed by atoms with van der Waals surface area (Å²) in [6.45, 7) is 3.14. The zero-order chi connectivity index (χ0) is 15.9. The van der Waals surface area contributed by atoms with Gasteiger partial charge in [-0.05, 0) is 43.8 Å². The molecule has 0 aliphatic carbocycles. The molecule has 0 atom stereocenters. The van der Waals surface area contributed by atoms with E-state index < -0.39 is 0 Å². The molecule has 0 unspecified atom stereocenters. The van der Waals surface area contributed by atoms with E-state index in [1.807, 2.05) is 30.3 Å². The van der Waals surface area contributed by atoms with Crippen molar-refractivity contribution in [3.63, 3.8) is 0 Å². The summed E-state index contributed by atoms with van der Waals surface area (Å²) < 4.78 is 0. The average molecular weight is 307 g/mol. The van der Waals surface area contributed by atoms with E-state index in [2.05, 4.69) is 35.2 Å². The first-order valence-electron chi connectivity index (χ1n) is 8.66. The zero-order valence-electron chi connectivity index (χ0n) is 13.7. The van der Waals surface area contributed by atoms with Crippen molar-refractivity contribution in [3.05, 3.63) is 71.8 Å². The fraction of sp³-hybridized carbons (Fsp3) is 0.381. The summed E-state index contributed by atoms with van der Waals surface area (Å²) in [4.78, 5) is 14.6. The Bertz CT molecular complexity index is 600. The van der Waals surface area contributed by atoms with E-state index in [1.165, 1.54) is 24.8 Å². The summed E-state index contributed by atoms with van der Waals surface area (Å²) in [6.07, 6.45) is 4.31. The molecule has 1 heterocycles. The summed E-state index contributed by atoms with van der Waals surface area (Å²) in [6, 6.07) is 20.4. The molecule has 0 N–H and O–H groups in total. The molecule has 2 aromatic rings. The Morgan fingerprint density at radius 1 is 0.913 bits per heavy atom. The van der Waals surface area contributed by atoms with Crippen molar-refractivity contribution >= 4 is 5.78 Å². The minimum absolute atomic E-state index is 0.261. The molecule has 1 saturated heterocycles. The molecule has 0 aromatic heterocycles. The topological polar surface area (TPSA) is 20.3 Å². The first kappa shape index (κ1) is 15.9. The molecule has 0 radical (unpaired) electrons. The number of carbonyl (C=O) groups is 1. The monoisotopic (exact) mass is 307 g/mol. The molecule has 0 amide bonds. The Morgan fingerprint density at radius 3 is 2.17 bits per heavy atom. The van der Waals surface area contributed by atoms with Gasteiger partial charge in [0.25, 0.3) is 0 Å². The molecule has 1 aliphatic rings. The minimum Gasteiger partial charge on any atom is -0.303 e. The Kier molecular flexibility index (Phi) is 5.60. The fourth-order valence-electron chi connectivity index (χ4n) is 3.39. The van der Waals surface area contributed by atoms with E-state index in [1.54, 1.807) is 0 Å². The van der Waals surface area contributed by atoms with Crippen LogP contribution in [-0.4, -0.2) is 30.3 Å². The number of likely N-dealkylation sites (tertiary alicyclic amines) is 1. The second-order valence-electron chi connectivity index (χ2n) is 6.51. The van der Waals surface area contributed by atoms with Crippen LogP contribution in [0.3, 0.4) is 0 Å². The second-order valence-corrected chi connectivity index (χ2v) is 6.51. The maximum absolute atomic E-state index is 12.2. The predicted molar refractivity (Wildman–Crippen MR) is 94.7 cm³/mol. The van der Waals surface area contributed by atoms with Gasteiger partial charge in [-0.1, -0.05) is 60.7 Å². The molecule has 3 rings (SSSR count). The van der Waals surface area contributed by atoms with Gasteiger partial charge in [-0.15, -0.1) is 0 Å². The van der Waals surface area contributed by atoms with Crippen LogP contribution in [0.15, 0.2) is 60.7 Å². The number of nitrogens with zero attached hydrogens (tertiary/aromatic N) is 1. The lowest BCUT2D eigenvalue weighted by Crippen LogP contribution is -2.35. The highest BCUT2D eigenvalue weighted by atomic mass is 16.1. The number of hydrogen-bond donors (Lipinski definition) is 0. The molecular weight excluding hydrogens is 282 g/mol. The Labute approximate surface area is 139 Å². The predicted octanol–water partition coefficient (Wildman–Crippen LogP) is 4.21. The third-order valence-corrected chi connectivity index (χ3v) is 4.83. The molecule has 0 saturated carbocycles. The van der Waals surface area contributed by atoms with Crippen molar-refractivity contribution in [2.24, 2.45) is 5.92 Å². The van der Waals surface area contributed by atoms with Gasteiger partial charge in [0, 0.05) is 18.5 Å². The van der Waals surface area contributed by atoms with Crippen LogP contribution in [0, 0.1) is 5.92 Å². The van der Waals surface area contributed by atoms with Crippen molar-refractivity contribution < 1.29 is 4.79 Å². The highest BCUT2D eigenvalue weighted by Crippen LogP contribution is 2.21. The number of rotatable bonds is 6. The molecular formula is C21H25NO. The van der Waals surface area contributed by atoms with Crippen molar-refractivity contribution in [1.29, 1.82) is 0 Å².